The minimum Gasteiger partial charge on any atom is -0.493 e. The number of esters is 1. The van der Waals surface area contributed by atoms with Crippen LogP contribution in [0.15, 0.2) is 55.6 Å². The molecule has 1 aliphatic heterocycles. The molecule has 0 aliphatic carbocycles. The number of hydrogen-bond acceptors (Lipinski definition) is 10. The van der Waals surface area contributed by atoms with Gasteiger partial charge in [0.05, 0.1) is 25.7 Å². The summed E-state index contributed by atoms with van der Waals surface area (Å²) in [4.78, 5) is 17.9. The molecule has 0 unspecified atom stereocenters. The molecule has 0 atom stereocenters. The number of thiophene rings is 1. The van der Waals surface area contributed by atoms with Gasteiger partial charge in [0.15, 0.2) is 9.96 Å². The van der Waals surface area contributed by atoms with Crippen molar-refractivity contribution in [2.24, 2.45) is 10.7 Å². The summed E-state index contributed by atoms with van der Waals surface area (Å²) in [5, 5.41) is 2.08. The van der Waals surface area contributed by atoms with E-state index in [2.05, 4.69) is 14.5 Å². The van der Waals surface area contributed by atoms with Gasteiger partial charge in [-0.15, -0.1) is 11.3 Å². The van der Waals surface area contributed by atoms with Crippen molar-refractivity contribution in [1.82, 2.24) is 0 Å². The molecule has 0 saturated carbocycles. The highest BCUT2D eigenvalue weighted by Crippen LogP contribution is 2.36. The van der Waals surface area contributed by atoms with E-state index in [1.165, 1.54) is 25.9 Å². The number of nitrogens with two attached hydrogens (primary N) is 1. The van der Waals surface area contributed by atoms with E-state index in [1.807, 2.05) is 0 Å². The molecule has 0 fully saturated rings. The van der Waals surface area contributed by atoms with Crippen molar-refractivity contribution in [2.45, 2.75) is 4.21 Å². The topological polar surface area (TPSA) is 136 Å². The molecule has 0 amide bonds. The van der Waals surface area contributed by atoms with Crippen LogP contribution in [0.25, 0.3) is 5.82 Å². The molecule has 31 heavy (non-hydrogen) atoms. The highest BCUT2D eigenvalue weighted by Gasteiger charge is 2.28. The Balaban J connectivity index is 1.58. The zero-order valence-electron chi connectivity index (χ0n) is 16.5. The number of anilines is 2. The lowest BCUT2D eigenvalue weighted by molar-refractivity contribution is 0.0597. The van der Waals surface area contributed by atoms with Crippen LogP contribution in [-0.4, -0.2) is 35.3 Å². The largest absolute Gasteiger partial charge is 0.493 e. The third-order valence-corrected chi connectivity index (χ3v) is 7.44. The Hall–Kier alpha value is -3.51. The number of furan rings is 1. The SMILES string of the molecule is COC(=O)c1csc(S(=O)(=O)Nc2ccc(N3CN=c4occc4=C3N)cc2)c1OC. The van der Waals surface area contributed by atoms with E-state index in [1.54, 1.807) is 35.2 Å². The fourth-order valence-corrected chi connectivity index (χ4v) is 5.55. The number of carbonyl (C=O) groups excluding carboxylic acids is 1. The molecule has 4 rings (SSSR count). The lowest BCUT2D eigenvalue weighted by Crippen LogP contribution is -2.42. The van der Waals surface area contributed by atoms with Crippen LogP contribution < -0.4 is 30.9 Å². The molecule has 0 radical (unpaired) electrons. The minimum absolute atomic E-state index is 0.0456. The molecular weight excluding hydrogens is 444 g/mol. The number of sulfonamides is 1. The van der Waals surface area contributed by atoms with Gasteiger partial charge < -0.3 is 24.5 Å². The van der Waals surface area contributed by atoms with Crippen LogP contribution in [0.4, 0.5) is 11.4 Å². The summed E-state index contributed by atoms with van der Waals surface area (Å²) in [5.74, 6) is -0.250. The van der Waals surface area contributed by atoms with Gasteiger partial charge in [0.25, 0.3) is 10.0 Å². The molecule has 3 N–H and O–H groups in total. The number of rotatable bonds is 6. The smallest absolute Gasteiger partial charge is 0.342 e. The van der Waals surface area contributed by atoms with Crippen LogP contribution in [-0.2, 0) is 14.8 Å². The van der Waals surface area contributed by atoms with E-state index >= 15 is 0 Å². The van der Waals surface area contributed by atoms with Crippen LogP contribution in [0.2, 0.25) is 0 Å². The maximum atomic E-state index is 12.9. The first-order valence-electron chi connectivity index (χ1n) is 8.87. The van der Waals surface area contributed by atoms with Crippen LogP contribution in [0.3, 0.4) is 0 Å². The molecule has 0 saturated heterocycles. The van der Waals surface area contributed by atoms with Gasteiger partial charge in [-0.3, -0.25) is 4.72 Å². The summed E-state index contributed by atoms with van der Waals surface area (Å²) >= 11 is 0.865. The highest BCUT2D eigenvalue weighted by atomic mass is 32.2. The van der Waals surface area contributed by atoms with Gasteiger partial charge in [-0.1, -0.05) is 0 Å². The van der Waals surface area contributed by atoms with Crippen LogP contribution in [0.5, 0.6) is 5.75 Å². The van der Waals surface area contributed by atoms with E-state index < -0.39 is 16.0 Å². The van der Waals surface area contributed by atoms with Crippen molar-refractivity contribution in [3.63, 3.8) is 0 Å². The Morgan fingerprint density at radius 1 is 1.26 bits per heavy atom. The molecule has 3 aromatic rings. The molecule has 1 aliphatic rings. The predicted octanol–water partition coefficient (Wildman–Crippen LogP) is 1.06. The van der Waals surface area contributed by atoms with Crippen molar-refractivity contribution in [3.05, 3.63) is 58.3 Å². The molecule has 1 aromatic carbocycles. The number of methoxy groups -OCH3 is 2. The van der Waals surface area contributed by atoms with Crippen LogP contribution >= 0.6 is 11.3 Å². The van der Waals surface area contributed by atoms with Crippen molar-refractivity contribution in [3.8, 4) is 5.75 Å². The normalized spacial score (nSPS) is 13.4. The maximum Gasteiger partial charge on any atom is 0.342 e. The number of nitrogens with one attached hydrogen (secondary N) is 1. The molecule has 3 heterocycles. The van der Waals surface area contributed by atoms with Gasteiger partial charge in [-0.05, 0) is 30.3 Å². The van der Waals surface area contributed by atoms with Gasteiger partial charge in [-0.2, -0.15) is 0 Å². The average Bonchev–Trinajstić information content (AvgIpc) is 3.41. The monoisotopic (exact) mass is 462 g/mol. The summed E-state index contributed by atoms with van der Waals surface area (Å²) in [6, 6.07) is 8.38. The van der Waals surface area contributed by atoms with E-state index in [9.17, 15) is 13.2 Å². The molecule has 0 spiro atoms. The van der Waals surface area contributed by atoms with E-state index in [0.717, 1.165) is 17.0 Å². The Bertz CT molecular complexity index is 1360. The van der Waals surface area contributed by atoms with Gasteiger partial charge in [0, 0.05) is 16.8 Å². The summed E-state index contributed by atoms with van der Waals surface area (Å²) < 4.78 is 43.1. The molecule has 0 bridgehead atoms. The number of fused-ring (bicyclic) bond motifs is 1. The summed E-state index contributed by atoms with van der Waals surface area (Å²) in [5.41, 5.74) is 7.80. The van der Waals surface area contributed by atoms with Gasteiger partial charge >= 0.3 is 5.97 Å². The van der Waals surface area contributed by atoms with Crippen LogP contribution in [0, 0.1) is 0 Å². The third kappa shape index (κ3) is 3.70. The van der Waals surface area contributed by atoms with Crippen molar-refractivity contribution in [1.29, 1.82) is 0 Å². The Kier molecular flexibility index (Phi) is 5.33. The lowest BCUT2D eigenvalue weighted by Gasteiger charge is -2.24. The Morgan fingerprint density at radius 3 is 2.68 bits per heavy atom. The summed E-state index contributed by atoms with van der Waals surface area (Å²) in [6.07, 6.45) is 1.52. The molecule has 2 aromatic heterocycles. The quantitative estimate of drug-likeness (QED) is 0.519. The number of nitrogens with zero attached hydrogens (tertiary/aromatic N) is 2. The fraction of sp³-hybridized carbons (Fsp3) is 0.158. The average molecular weight is 463 g/mol. The van der Waals surface area contributed by atoms with Crippen molar-refractivity contribution >= 4 is 44.5 Å². The number of carbonyl (C=O) groups is 1. The number of ether oxygens (including phenoxy) is 2. The Labute approximate surface area is 181 Å². The first-order chi connectivity index (χ1) is 14.9. The fourth-order valence-electron chi connectivity index (χ4n) is 3.07. The zero-order valence-corrected chi connectivity index (χ0v) is 18.1. The third-order valence-electron chi connectivity index (χ3n) is 4.57. The predicted molar refractivity (Wildman–Crippen MR) is 114 cm³/mol. The van der Waals surface area contributed by atoms with Gasteiger partial charge in [-0.25, -0.2) is 18.2 Å². The van der Waals surface area contributed by atoms with Gasteiger partial charge in [0.2, 0.25) is 5.55 Å². The second-order valence-corrected chi connectivity index (χ2v) is 9.12. The first kappa shape index (κ1) is 20.8. The number of hydrogen-bond donors (Lipinski definition) is 2. The van der Waals surface area contributed by atoms with E-state index in [0.29, 0.717) is 22.3 Å². The molecular formula is C19H18N4O6S2. The minimum atomic E-state index is -4.00. The van der Waals surface area contributed by atoms with Crippen molar-refractivity contribution in [2.75, 3.05) is 30.5 Å². The molecule has 12 heteroatoms. The molecule has 10 nitrogen and oxygen atoms in total. The lowest BCUT2D eigenvalue weighted by atomic mass is 10.2. The highest BCUT2D eigenvalue weighted by molar-refractivity contribution is 7.94. The first-order valence-corrected chi connectivity index (χ1v) is 11.2. The summed E-state index contributed by atoms with van der Waals surface area (Å²) in [7, 11) is -1.50. The standard InChI is InChI=1S/C19H18N4O6S2/c1-27-15-14(18(24)28-2)9-30-19(15)31(25,26)22-11-3-5-12(6-4-11)23-10-21-17-13(16(23)20)7-8-29-17/h3-9,22H,10,20H2,1-2H3. The van der Waals surface area contributed by atoms with Crippen LogP contribution in [0.1, 0.15) is 10.4 Å². The summed E-state index contributed by atoms with van der Waals surface area (Å²) in [6.45, 7) is 0.278. The zero-order chi connectivity index (χ0) is 22.2. The Morgan fingerprint density at radius 2 is 2.00 bits per heavy atom. The van der Waals surface area contributed by atoms with E-state index in [-0.39, 0.29) is 22.2 Å². The second kappa shape index (κ2) is 7.96. The molecule has 162 valence electrons. The van der Waals surface area contributed by atoms with Gasteiger partial charge in [0.1, 0.15) is 18.1 Å². The second-order valence-electron chi connectivity index (χ2n) is 6.37. The van der Waals surface area contributed by atoms with E-state index in [4.69, 9.17) is 14.9 Å². The maximum absolute atomic E-state index is 12.9. The van der Waals surface area contributed by atoms with Crippen molar-refractivity contribution < 1.29 is 27.1 Å². The number of benzene rings is 1.